The maximum absolute atomic E-state index is 4.43. The molecule has 2 N–H and O–H groups in total. The number of thioether (sulfide) groups is 1. The molecule has 0 aliphatic carbocycles. The summed E-state index contributed by atoms with van der Waals surface area (Å²) in [7, 11) is 1.86. The van der Waals surface area contributed by atoms with E-state index in [-0.39, 0.29) is 0 Å². The molecule has 2 saturated heterocycles. The lowest BCUT2D eigenvalue weighted by Gasteiger charge is -2.34. The van der Waals surface area contributed by atoms with Crippen molar-refractivity contribution in [1.29, 1.82) is 0 Å². The van der Waals surface area contributed by atoms with Gasteiger partial charge < -0.3 is 15.5 Å². The molecule has 5 nitrogen and oxygen atoms in total. The fourth-order valence-electron chi connectivity index (χ4n) is 4.04. The molecule has 0 bridgehead atoms. The zero-order valence-corrected chi connectivity index (χ0v) is 18.7. The number of nitrogens with one attached hydrogen (secondary N) is 2. The van der Waals surface area contributed by atoms with E-state index in [1.54, 1.807) is 0 Å². The molecule has 28 heavy (non-hydrogen) atoms. The number of benzene rings is 1. The lowest BCUT2D eigenvalue weighted by Crippen LogP contribution is -2.45. The molecule has 1 aromatic rings. The van der Waals surface area contributed by atoms with E-state index in [1.807, 2.05) is 7.05 Å². The molecule has 2 fully saturated rings. The number of rotatable bonds is 7. The number of likely N-dealkylation sites (N-methyl/N-ethyl adjacent to an activating group) is 1. The Balaban J connectivity index is 1.51. The van der Waals surface area contributed by atoms with Crippen molar-refractivity contribution in [2.24, 2.45) is 4.99 Å². The largest absolute Gasteiger partial charge is 0.355 e. The smallest absolute Gasteiger partial charge is 0.191 e. The molecule has 2 aliphatic rings. The Morgan fingerprint density at radius 2 is 1.82 bits per heavy atom. The first-order valence-electron chi connectivity index (χ1n) is 10.7. The summed E-state index contributed by atoms with van der Waals surface area (Å²) >= 11 is 2.08. The van der Waals surface area contributed by atoms with Crippen LogP contribution in [-0.2, 0) is 13.1 Å². The van der Waals surface area contributed by atoms with Crippen LogP contribution in [0.15, 0.2) is 29.3 Å². The molecule has 0 saturated carbocycles. The third-order valence-electron chi connectivity index (χ3n) is 6.02. The topological polar surface area (TPSA) is 42.9 Å². The minimum Gasteiger partial charge on any atom is -0.355 e. The van der Waals surface area contributed by atoms with E-state index in [0.717, 1.165) is 45.2 Å². The van der Waals surface area contributed by atoms with Gasteiger partial charge in [-0.1, -0.05) is 31.2 Å². The molecular weight excluding hydrogens is 366 g/mol. The summed E-state index contributed by atoms with van der Waals surface area (Å²) < 4.78 is 0.343. The SMILES string of the molecule is CCN1CCN(Cc2ccccc2CNC(=NC)NCC2(C)CCCS2)CC1. The summed E-state index contributed by atoms with van der Waals surface area (Å²) in [5, 5.41) is 7.06. The molecule has 2 heterocycles. The van der Waals surface area contributed by atoms with Crippen molar-refractivity contribution >= 4 is 17.7 Å². The molecule has 2 aliphatic heterocycles. The molecule has 1 atom stereocenters. The number of hydrogen-bond donors (Lipinski definition) is 2. The fourth-order valence-corrected chi connectivity index (χ4v) is 5.28. The van der Waals surface area contributed by atoms with Crippen LogP contribution in [0.3, 0.4) is 0 Å². The van der Waals surface area contributed by atoms with Crippen molar-refractivity contribution in [3.05, 3.63) is 35.4 Å². The molecule has 3 rings (SSSR count). The van der Waals surface area contributed by atoms with Crippen molar-refractivity contribution in [3.63, 3.8) is 0 Å². The van der Waals surface area contributed by atoms with Gasteiger partial charge in [0.1, 0.15) is 0 Å². The van der Waals surface area contributed by atoms with Crippen molar-refractivity contribution in [2.75, 3.05) is 52.1 Å². The van der Waals surface area contributed by atoms with Crippen LogP contribution in [0.1, 0.15) is 37.8 Å². The second kappa shape index (κ2) is 10.5. The normalized spacial score (nSPS) is 24.5. The molecule has 1 aromatic carbocycles. The summed E-state index contributed by atoms with van der Waals surface area (Å²) in [4.78, 5) is 9.54. The van der Waals surface area contributed by atoms with Gasteiger partial charge in [0.05, 0.1) is 0 Å². The third-order valence-corrected chi connectivity index (χ3v) is 7.56. The van der Waals surface area contributed by atoms with Crippen LogP contribution in [0.2, 0.25) is 0 Å². The van der Waals surface area contributed by atoms with E-state index in [2.05, 4.69) is 75.3 Å². The van der Waals surface area contributed by atoms with Crippen LogP contribution < -0.4 is 10.6 Å². The Hall–Kier alpha value is -1.24. The maximum Gasteiger partial charge on any atom is 0.191 e. The molecule has 1 unspecified atom stereocenters. The summed E-state index contributed by atoms with van der Waals surface area (Å²) in [5.74, 6) is 2.18. The van der Waals surface area contributed by atoms with Crippen molar-refractivity contribution in [3.8, 4) is 0 Å². The van der Waals surface area contributed by atoms with Gasteiger partial charge in [-0.25, -0.2) is 0 Å². The highest BCUT2D eigenvalue weighted by Crippen LogP contribution is 2.36. The Kier molecular flexibility index (Phi) is 8.06. The van der Waals surface area contributed by atoms with Gasteiger partial charge in [0.25, 0.3) is 0 Å². The molecular formula is C22H37N5S. The minimum atomic E-state index is 0.343. The molecule has 0 spiro atoms. The minimum absolute atomic E-state index is 0.343. The number of nitrogens with zero attached hydrogens (tertiary/aromatic N) is 3. The van der Waals surface area contributed by atoms with E-state index >= 15 is 0 Å². The quantitative estimate of drug-likeness (QED) is 0.541. The highest BCUT2D eigenvalue weighted by molar-refractivity contribution is 8.00. The van der Waals surface area contributed by atoms with Gasteiger partial charge >= 0.3 is 0 Å². The van der Waals surface area contributed by atoms with Gasteiger partial charge in [-0.05, 0) is 43.2 Å². The molecule has 0 radical (unpaired) electrons. The van der Waals surface area contributed by atoms with Gasteiger partial charge in [-0.2, -0.15) is 11.8 Å². The Bertz CT molecular complexity index is 634. The number of guanidine groups is 1. The lowest BCUT2D eigenvalue weighted by atomic mass is 10.1. The molecule has 0 aromatic heterocycles. The second-order valence-electron chi connectivity index (χ2n) is 8.16. The van der Waals surface area contributed by atoms with Gasteiger partial charge in [0.2, 0.25) is 0 Å². The predicted molar refractivity (Wildman–Crippen MR) is 122 cm³/mol. The van der Waals surface area contributed by atoms with Gasteiger partial charge in [0, 0.05) is 57.6 Å². The summed E-state index contributed by atoms with van der Waals surface area (Å²) in [6, 6.07) is 8.82. The maximum atomic E-state index is 4.43. The van der Waals surface area contributed by atoms with E-state index in [9.17, 15) is 0 Å². The first kappa shape index (κ1) is 21.5. The summed E-state index contributed by atoms with van der Waals surface area (Å²) in [6.45, 7) is 13.3. The predicted octanol–water partition coefficient (Wildman–Crippen LogP) is 2.77. The third kappa shape index (κ3) is 6.13. The van der Waals surface area contributed by atoms with Crippen molar-refractivity contribution in [1.82, 2.24) is 20.4 Å². The zero-order chi connectivity index (χ0) is 19.8. The Labute approximate surface area is 175 Å². The van der Waals surface area contributed by atoms with Gasteiger partial charge in [0.15, 0.2) is 5.96 Å². The van der Waals surface area contributed by atoms with Crippen molar-refractivity contribution < 1.29 is 0 Å². The molecule has 0 amide bonds. The van der Waals surface area contributed by atoms with E-state index < -0.39 is 0 Å². The first-order valence-corrected chi connectivity index (χ1v) is 11.7. The highest BCUT2D eigenvalue weighted by atomic mass is 32.2. The molecule has 6 heteroatoms. The van der Waals surface area contributed by atoms with Crippen LogP contribution in [0.25, 0.3) is 0 Å². The van der Waals surface area contributed by atoms with Crippen LogP contribution >= 0.6 is 11.8 Å². The van der Waals surface area contributed by atoms with Gasteiger partial charge in [-0.3, -0.25) is 9.89 Å². The fraction of sp³-hybridized carbons (Fsp3) is 0.682. The van der Waals surface area contributed by atoms with Crippen LogP contribution in [-0.4, -0.2) is 72.6 Å². The van der Waals surface area contributed by atoms with Crippen LogP contribution in [0.5, 0.6) is 0 Å². The summed E-state index contributed by atoms with van der Waals surface area (Å²) in [5.41, 5.74) is 2.79. The average Bonchev–Trinajstić information content (AvgIpc) is 3.16. The van der Waals surface area contributed by atoms with E-state index in [0.29, 0.717) is 4.75 Å². The number of piperazine rings is 1. The van der Waals surface area contributed by atoms with E-state index in [4.69, 9.17) is 0 Å². The molecule has 156 valence electrons. The summed E-state index contributed by atoms with van der Waals surface area (Å²) in [6.07, 6.45) is 2.62. The monoisotopic (exact) mass is 403 g/mol. The van der Waals surface area contributed by atoms with Gasteiger partial charge in [-0.15, -0.1) is 0 Å². The Morgan fingerprint density at radius 3 is 2.46 bits per heavy atom. The second-order valence-corrected chi connectivity index (χ2v) is 9.84. The highest BCUT2D eigenvalue weighted by Gasteiger charge is 2.29. The zero-order valence-electron chi connectivity index (χ0n) is 17.8. The van der Waals surface area contributed by atoms with E-state index in [1.165, 1.54) is 42.8 Å². The number of aliphatic imine (C=N–C) groups is 1. The standard InChI is InChI=1S/C22H37N5S/c1-4-26-11-13-27(14-12-26)17-20-9-6-5-8-19(20)16-24-21(23-3)25-18-22(2)10-7-15-28-22/h5-6,8-9H,4,7,10-18H2,1-3H3,(H2,23,24,25). The lowest BCUT2D eigenvalue weighted by molar-refractivity contribution is 0.131. The Morgan fingerprint density at radius 1 is 1.11 bits per heavy atom. The first-order chi connectivity index (χ1) is 13.6. The van der Waals surface area contributed by atoms with Crippen LogP contribution in [0, 0.1) is 0 Å². The number of hydrogen-bond acceptors (Lipinski definition) is 4. The average molecular weight is 404 g/mol. The van der Waals surface area contributed by atoms with Crippen molar-refractivity contribution in [2.45, 2.75) is 44.5 Å². The van der Waals surface area contributed by atoms with Crippen LogP contribution in [0.4, 0.5) is 0 Å².